The zero-order chi connectivity index (χ0) is 12.2. The van der Waals surface area contributed by atoms with Crippen LogP contribution in [0.1, 0.15) is 46.5 Å². The normalized spacial score (nSPS) is 21.4. The number of hydrogen-bond acceptors (Lipinski definition) is 2. The van der Waals surface area contributed by atoms with E-state index in [4.69, 9.17) is 11.2 Å². The van der Waals surface area contributed by atoms with E-state index in [9.17, 15) is 4.79 Å². The van der Waals surface area contributed by atoms with Crippen molar-refractivity contribution in [3.05, 3.63) is 0 Å². The first kappa shape index (κ1) is 12.9. The number of nitrogens with zero attached hydrogens (tertiary/aromatic N) is 1. The molecular formula is C13H21NO2. The fraction of sp³-hybridized carbons (Fsp3) is 0.769. The van der Waals surface area contributed by atoms with Gasteiger partial charge in [0.05, 0.1) is 0 Å². The molecule has 1 aliphatic rings. The van der Waals surface area contributed by atoms with Gasteiger partial charge in [0.25, 0.3) is 0 Å². The molecule has 1 fully saturated rings. The molecule has 1 heterocycles. The summed E-state index contributed by atoms with van der Waals surface area (Å²) in [6.07, 6.45) is 8.89. The molecule has 1 unspecified atom stereocenters. The van der Waals surface area contributed by atoms with Gasteiger partial charge in [-0.05, 0) is 40.0 Å². The third-order valence-electron chi connectivity index (χ3n) is 2.61. The van der Waals surface area contributed by atoms with Crippen LogP contribution in [0.4, 0.5) is 4.79 Å². The Hall–Kier alpha value is -1.17. The van der Waals surface area contributed by atoms with E-state index >= 15 is 0 Å². The van der Waals surface area contributed by atoms with Crippen LogP contribution in [-0.2, 0) is 4.74 Å². The van der Waals surface area contributed by atoms with Gasteiger partial charge in [0.1, 0.15) is 5.60 Å². The third-order valence-corrected chi connectivity index (χ3v) is 2.61. The second-order valence-corrected chi connectivity index (χ2v) is 5.23. The molecule has 16 heavy (non-hydrogen) atoms. The topological polar surface area (TPSA) is 29.5 Å². The van der Waals surface area contributed by atoms with Gasteiger partial charge in [0.2, 0.25) is 0 Å². The summed E-state index contributed by atoms with van der Waals surface area (Å²) in [7, 11) is 0. The standard InChI is InChI=1S/C13H21NO2/c1-5-8-11-9-6-7-10-14(11)12(15)16-13(2,3)4/h1,11H,6-10H2,2-4H3. The molecule has 3 heteroatoms. The number of carbonyl (C=O) groups is 1. The lowest BCUT2D eigenvalue weighted by Gasteiger charge is -2.35. The number of piperidine rings is 1. The molecule has 1 amide bonds. The van der Waals surface area contributed by atoms with Gasteiger partial charge in [-0.2, -0.15) is 0 Å². The van der Waals surface area contributed by atoms with Crippen molar-refractivity contribution in [2.24, 2.45) is 0 Å². The van der Waals surface area contributed by atoms with Crippen molar-refractivity contribution in [2.75, 3.05) is 6.54 Å². The Morgan fingerprint density at radius 1 is 1.50 bits per heavy atom. The van der Waals surface area contributed by atoms with Crippen LogP contribution in [0.5, 0.6) is 0 Å². The monoisotopic (exact) mass is 223 g/mol. The highest BCUT2D eigenvalue weighted by Gasteiger charge is 2.29. The van der Waals surface area contributed by atoms with E-state index in [-0.39, 0.29) is 12.1 Å². The number of terminal acetylenes is 1. The molecule has 0 aromatic carbocycles. The zero-order valence-electron chi connectivity index (χ0n) is 10.5. The minimum absolute atomic E-state index is 0.161. The molecule has 1 rings (SSSR count). The molecule has 0 aliphatic carbocycles. The summed E-state index contributed by atoms with van der Waals surface area (Å²) in [5.74, 6) is 2.64. The minimum Gasteiger partial charge on any atom is -0.444 e. The maximum Gasteiger partial charge on any atom is 0.410 e. The van der Waals surface area contributed by atoms with Crippen LogP contribution in [0.25, 0.3) is 0 Å². The Morgan fingerprint density at radius 2 is 2.19 bits per heavy atom. The molecule has 0 aromatic rings. The first-order valence-corrected chi connectivity index (χ1v) is 5.87. The number of ether oxygens (including phenoxy) is 1. The summed E-state index contributed by atoms with van der Waals surface area (Å²) in [5, 5.41) is 0. The summed E-state index contributed by atoms with van der Waals surface area (Å²) in [4.78, 5) is 13.7. The number of hydrogen-bond donors (Lipinski definition) is 0. The van der Waals surface area contributed by atoms with E-state index in [2.05, 4.69) is 5.92 Å². The average Bonchev–Trinajstić information content (AvgIpc) is 2.16. The van der Waals surface area contributed by atoms with E-state index in [0.29, 0.717) is 6.42 Å². The molecule has 0 saturated carbocycles. The van der Waals surface area contributed by atoms with Crippen molar-refractivity contribution < 1.29 is 9.53 Å². The molecule has 0 aromatic heterocycles. The highest BCUT2D eigenvalue weighted by Crippen LogP contribution is 2.21. The lowest BCUT2D eigenvalue weighted by atomic mass is 10.0. The average molecular weight is 223 g/mol. The Labute approximate surface area is 98.1 Å². The van der Waals surface area contributed by atoms with E-state index < -0.39 is 5.60 Å². The summed E-state index contributed by atoms with van der Waals surface area (Å²) in [6, 6.07) is 0.161. The Bertz CT molecular complexity index is 285. The first-order valence-electron chi connectivity index (χ1n) is 5.87. The fourth-order valence-electron chi connectivity index (χ4n) is 1.91. The molecule has 1 atom stereocenters. The number of amides is 1. The highest BCUT2D eigenvalue weighted by molar-refractivity contribution is 5.68. The molecule has 1 aliphatic heterocycles. The molecule has 3 nitrogen and oxygen atoms in total. The lowest BCUT2D eigenvalue weighted by molar-refractivity contribution is 0.0105. The van der Waals surface area contributed by atoms with Gasteiger partial charge in [-0.25, -0.2) is 4.79 Å². The van der Waals surface area contributed by atoms with Crippen LogP contribution in [0, 0.1) is 12.3 Å². The lowest BCUT2D eigenvalue weighted by Crippen LogP contribution is -2.45. The SMILES string of the molecule is C#CCC1CCCCN1C(=O)OC(C)(C)C. The summed E-state index contributed by atoms with van der Waals surface area (Å²) >= 11 is 0. The second-order valence-electron chi connectivity index (χ2n) is 5.23. The number of rotatable bonds is 1. The largest absolute Gasteiger partial charge is 0.444 e. The van der Waals surface area contributed by atoms with Crippen molar-refractivity contribution in [2.45, 2.75) is 58.1 Å². The van der Waals surface area contributed by atoms with E-state index in [1.165, 1.54) is 0 Å². The van der Waals surface area contributed by atoms with E-state index in [1.807, 2.05) is 20.8 Å². The fourth-order valence-corrected chi connectivity index (χ4v) is 1.91. The Balaban J connectivity index is 2.61. The molecule has 0 spiro atoms. The minimum atomic E-state index is -0.435. The van der Waals surface area contributed by atoms with Crippen LogP contribution >= 0.6 is 0 Å². The molecule has 0 radical (unpaired) electrons. The van der Waals surface area contributed by atoms with Crippen molar-refractivity contribution in [3.63, 3.8) is 0 Å². The highest BCUT2D eigenvalue weighted by atomic mass is 16.6. The van der Waals surface area contributed by atoms with Gasteiger partial charge in [-0.3, -0.25) is 0 Å². The van der Waals surface area contributed by atoms with Crippen LogP contribution in [-0.4, -0.2) is 29.2 Å². The number of likely N-dealkylation sites (tertiary alicyclic amines) is 1. The van der Waals surface area contributed by atoms with Gasteiger partial charge in [0.15, 0.2) is 0 Å². The zero-order valence-corrected chi connectivity index (χ0v) is 10.5. The number of carbonyl (C=O) groups excluding carboxylic acids is 1. The van der Waals surface area contributed by atoms with E-state index in [0.717, 1.165) is 25.8 Å². The van der Waals surface area contributed by atoms with E-state index in [1.54, 1.807) is 4.90 Å². The smallest absolute Gasteiger partial charge is 0.410 e. The second kappa shape index (κ2) is 5.25. The summed E-state index contributed by atoms with van der Waals surface area (Å²) < 4.78 is 5.37. The van der Waals surface area contributed by atoms with Crippen LogP contribution in [0.15, 0.2) is 0 Å². The van der Waals surface area contributed by atoms with Crippen LogP contribution < -0.4 is 0 Å². The van der Waals surface area contributed by atoms with Crippen molar-refractivity contribution >= 4 is 6.09 Å². The van der Waals surface area contributed by atoms with Crippen molar-refractivity contribution in [3.8, 4) is 12.3 Å². The predicted octanol–water partition coefficient (Wildman–Crippen LogP) is 2.80. The molecule has 90 valence electrons. The summed E-state index contributed by atoms with van der Waals surface area (Å²) in [6.45, 7) is 6.41. The molecule has 1 saturated heterocycles. The Morgan fingerprint density at radius 3 is 2.75 bits per heavy atom. The van der Waals surface area contributed by atoms with Gasteiger partial charge >= 0.3 is 6.09 Å². The van der Waals surface area contributed by atoms with Crippen molar-refractivity contribution in [1.29, 1.82) is 0 Å². The van der Waals surface area contributed by atoms with Gasteiger partial charge < -0.3 is 9.64 Å². The maximum absolute atomic E-state index is 11.9. The Kier molecular flexibility index (Phi) is 4.23. The predicted molar refractivity (Wildman–Crippen MR) is 64.0 cm³/mol. The third kappa shape index (κ3) is 3.77. The maximum atomic E-state index is 11.9. The van der Waals surface area contributed by atoms with Gasteiger partial charge in [0, 0.05) is 19.0 Å². The van der Waals surface area contributed by atoms with Crippen molar-refractivity contribution in [1.82, 2.24) is 4.90 Å². The first-order chi connectivity index (χ1) is 7.44. The molecule has 0 N–H and O–H groups in total. The van der Waals surface area contributed by atoms with Crippen LogP contribution in [0.2, 0.25) is 0 Å². The molecule has 0 bridgehead atoms. The van der Waals surface area contributed by atoms with Gasteiger partial charge in [-0.15, -0.1) is 12.3 Å². The molecular weight excluding hydrogens is 202 g/mol. The van der Waals surface area contributed by atoms with Gasteiger partial charge in [-0.1, -0.05) is 0 Å². The quantitative estimate of drug-likeness (QED) is 0.640. The summed E-state index contributed by atoms with van der Waals surface area (Å²) in [5.41, 5.74) is -0.435. The van der Waals surface area contributed by atoms with Crippen LogP contribution in [0.3, 0.4) is 0 Å².